The van der Waals surface area contributed by atoms with Gasteiger partial charge in [-0.1, -0.05) is 140 Å². The van der Waals surface area contributed by atoms with E-state index in [2.05, 4.69) is 102 Å². The molecule has 0 aliphatic carbocycles. The summed E-state index contributed by atoms with van der Waals surface area (Å²) in [5, 5.41) is 8.22. The highest BCUT2D eigenvalue weighted by atomic mass is 31.2. The molecule has 9 rings (SSSR count). The van der Waals surface area contributed by atoms with E-state index in [4.69, 9.17) is 4.98 Å². The minimum atomic E-state index is -3.10. The molecule has 222 valence electrons. The molecule has 0 saturated heterocycles. The van der Waals surface area contributed by atoms with Crippen molar-refractivity contribution < 1.29 is 4.57 Å². The fourth-order valence-corrected chi connectivity index (χ4v) is 9.75. The van der Waals surface area contributed by atoms with Gasteiger partial charge in [-0.25, -0.2) is 4.98 Å². The molecule has 9 aromatic rings. The van der Waals surface area contributed by atoms with Crippen LogP contribution in [0.5, 0.6) is 0 Å². The minimum Gasteiger partial charge on any atom is -0.309 e. The number of aromatic nitrogens is 2. The number of hydrogen-bond acceptors (Lipinski definition) is 2. The molecule has 0 bridgehead atoms. The van der Waals surface area contributed by atoms with Crippen molar-refractivity contribution in [1.29, 1.82) is 0 Å². The van der Waals surface area contributed by atoms with Crippen LogP contribution in [-0.4, -0.2) is 9.55 Å². The first-order chi connectivity index (χ1) is 23.2. The molecule has 0 amide bonds. The van der Waals surface area contributed by atoms with Gasteiger partial charge in [0, 0.05) is 48.7 Å². The van der Waals surface area contributed by atoms with Gasteiger partial charge in [-0.3, -0.25) is 0 Å². The summed E-state index contributed by atoms with van der Waals surface area (Å²) in [6.07, 6.45) is 0. The predicted octanol–water partition coefficient (Wildman–Crippen LogP) is 9.79. The lowest BCUT2D eigenvalue weighted by molar-refractivity contribution is 0.592. The number of para-hydroxylation sites is 2. The zero-order valence-electron chi connectivity index (χ0n) is 25.5. The molecule has 0 N–H and O–H groups in total. The van der Waals surface area contributed by atoms with Crippen molar-refractivity contribution in [2.24, 2.45) is 0 Å². The van der Waals surface area contributed by atoms with Gasteiger partial charge in [0.2, 0.25) is 0 Å². The van der Waals surface area contributed by atoms with Crippen LogP contribution in [-0.2, 0) is 4.57 Å². The van der Waals surface area contributed by atoms with Crippen molar-refractivity contribution >= 4 is 66.5 Å². The van der Waals surface area contributed by atoms with E-state index < -0.39 is 7.14 Å². The Bertz CT molecular complexity index is 2590. The number of rotatable bonds is 5. The molecular formula is C43H29N2OP. The Balaban J connectivity index is 1.35. The highest BCUT2D eigenvalue weighted by molar-refractivity contribution is 7.85. The van der Waals surface area contributed by atoms with Gasteiger partial charge in [-0.15, -0.1) is 0 Å². The molecule has 2 aromatic heterocycles. The van der Waals surface area contributed by atoms with E-state index in [1.54, 1.807) is 0 Å². The van der Waals surface area contributed by atoms with Crippen molar-refractivity contribution in [2.75, 3.05) is 0 Å². The zero-order valence-corrected chi connectivity index (χ0v) is 26.4. The first-order valence-corrected chi connectivity index (χ1v) is 17.5. The maximum atomic E-state index is 15.1. The third-order valence-corrected chi connectivity index (χ3v) is 12.3. The van der Waals surface area contributed by atoms with Crippen molar-refractivity contribution in [1.82, 2.24) is 9.55 Å². The van der Waals surface area contributed by atoms with Crippen molar-refractivity contribution in [3.05, 3.63) is 176 Å². The average Bonchev–Trinajstić information content (AvgIpc) is 3.50. The standard InChI is InChI=1S/C43H29N2OP/c46-47(32-16-6-2-7-17-32,33-18-8-3-9-19-33)34-26-24-31(25-27-34)45-40-23-13-11-21-36(40)38-29-28-37-35-20-10-12-22-39(35)44-42(41(37)43(38)45)30-14-4-1-5-15-30/h1-29H. The van der Waals surface area contributed by atoms with Crippen LogP contribution in [0.25, 0.3) is 60.4 Å². The van der Waals surface area contributed by atoms with Gasteiger partial charge >= 0.3 is 0 Å². The molecule has 47 heavy (non-hydrogen) atoms. The smallest absolute Gasteiger partial charge is 0.171 e. The van der Waals surface area contributed by atoms with Crippen LogP contribution in [0.1, 0.15) is 0 Å². The Labute approximate surface area is 272 Å². The number of pyridine rings is 1. The van der Waals surface area contributed by atoms with Gasteiger partial charge < -0.3 is 9.13 Å². The quantitative estimate of drug-likeness (QED) is 0.142. The summed E-state index contributed by atoms with van der Waals surface area (Å²) in [6.45, 7) is 0. The van der Waals surface area contributed by atoms with E-state index in [1.807, 2.05) is 78.9 Å². The Kier molecular flexibility index (Phi) is 6.41. The lowest BCUT2D eigenvalue weighted by Gasteiger charge is -2.20. The topological polar surface area (TPSA) is 34.9 Å². The van der Waals surface area contributed by atoms with Crippen LogP contribution in [0.15, 0.2) is 176 Å². The van der Waals surface area contributed by atoms with Crippen LogP contribution >= 0.6 is 7.14 Å². The third kappa shape index (κ3) is 4.28. The molecule has 3 nitrogen and oxygen atoms in total. The largest absolute Gasteiger partial charge is 0.309 e. The second kappa shape index (κ2) is 10.9. The second-order valence-corrected chi connectivity index (χ2v) is 14.6. The van der Waals surface area contributed by atoms with Gasteiger partial charge in [0.25, 0.3) is 0 Å². The number of hydrogen-bond donors (Lipinski definition) is 0. The zero-order chi connectivity index (χ0) is 31.4. The molecule has 2 heterocycles. The molecule has 0 saturated carbocycles. The SMILES string of the molecule is O=P(c1ccccc1)(c1ccccc1)c1ccc(-n2c3ccccc3c3ccc4c5ccccc5nc(-c5ccccc5)c4c32)cc1. The van der Waals surface area contributed by atoms with Crippen LogP contribution < -0.4 is 15.9 Å². The van der Waals surface area contributed by atoms with Crippen molar-refractivity contribution in [2.45, 2.75) is 0 Å². The molecule has 0 aliphatic heterocycles. The molecule has 0 aliphatic rings. The van der Waals surface area contributed by atoms with Crippen LogP contribution in [0, 0.1) is 0 Å². The first kappa shape index (κ1) is 27.5. The molecule has 0 fully saturated rings. The lowest BCUT2D eigenvalue weighted by atomic mass is 9.97. The van der Waals surface area contributed by atoms with E-state index in [9.17, 15) is 0 Å². The number of benzene rings is 7. The summed E-state index contributed by atoms with van der Waals surface area (Å²) in [6, 6.07) is 60.0. The maximum absolute atomic E-state index is 15.1. The van der Waals surface area contributed by atoms with Gasteiger partial charge in [-0.05, 0) is 41.8 Å². The predicted molar refractivity (Wildman–Crippen MR) is 198 cm³/mol. The first-order valence-electron chi connectivity index (χ1n) is 15.8. The fraction of sp³-hybridized carbons (Fsp3) is 0. The summed E-state index contributed by atoms with van der Waals surface area (Å²) in [5.41, 5.74) is 6.25. The van der Waals surface area contributed by atoms with Gasteiger partial charge in [0.1, 0.15) is 0 Å². The molecular weight excluding hydrogens is 591 g/mol. The van der Waals surface area contributed by atoms with Gasteiger partial charge in [0.05, 0.1) is 22.2 Å². The number of fused-ring (bicyclic) bond motifs is 7. The van der Waals surface area contributed by atoms with E-state index in [0.29, 0.717) is 0 Å². The minimum absolute atomic E-state index is 0.807. The van der Waals surface area contributed by atoms with Crippen molar-refractivity contribution in [3.63, 3.8) is 0 Å². The third-order valence-electron chi connectivity index (χ3n) is 9.26. The van der Waals surface area contributed by atoms with E-state index >= 15 is 4.57 Å². The summed E-state index contributed by atoms with van der Waals surface area (Å²) in [4.78, 5) is 5.29. The highest BCUT2D eigenvalue weighted by Crippen LogP contribution is 2.44. The Morgan fingerprint density at radius 3 is 1.66 bits per heavy atom. The maximum Gasteiger partial charge on any atom is 0.171 e. The summed E-state index contributed by atoms with van der Waals surface area (Å²) in [7, 11) is -3.10. The van der Waals surface area contributed by atoms with Gasteiger partial charge in [0.15, 0.2) is 7.14 Å². The van der Waals surface area contributed by atoms with Crippen LogP contribution in [0.4, 0.5) is 0 Å². The molecule has 0 spiro atoms. The van der Waals surface area contributed by atoms with Crippen LogP contribution in [0.2, 0.25) is 0 Å². The second-order valence-electron chi connectivity index (χ2n) is 11.9. The van der Waals surface area contributed by atoms with Crippen LogP contribution in [0.3, 0.4) is 0 Å². The molecule has 0 atom stereocenters. The van der Waals surface area contributed by atoms with E-state index in [-0.39, 0.29) is 0 Å². The Morgan fingerprint density at radius 2 is 0.979 bits per heavy atom. The van der Waals surface area contributed by atoms with Crippen molar-refractivity contribution in [3.8, 4) is 16.9 Å². The number of nitrogens with zero attached hydrogens (tertiary/aromatic N) is 2. The molecule has 7 aromatic carbocycles. The summed E-state index contributed by atoms with van der Waals surface area (Å²) < 4.78 is 17.5. The normalized spacial score (nSPS) is 11.9. The average molecular weight is 621 g/mol. The fourth-order valence-electron chi connectivity index (χ4n) is 7.10. The Morgan fingerprint density at radius 1 is 0.447 bits per heavy atom. The molecule has 0 unspecified atom stereocenters. The van der Waals surface area contributed by atoms with Gasteiger partial charge in [-0.2, -0.15) is 0 Å². The Hall–Kier alpha value is -5.76. The summed E-state index contributed by atoms with van der Waals surface area (Å²) >= 11 is 0. The highest BCUT2D eigenvalue weighted by Gasteiger charge is 2.29. The monoisotopic (exact) mass is 620 g/mol. The lowest BCUT2D eigenvalue weighted by Crippen LogP contribution is -2.24. The van der Waals surface area contributed by atoms with E-state index in [0.717, 1.165) is 60.2 Å². The van der Waals surface area contributed by atoms with E-state index in [1.165, 1.54) is 16.2 Å². The molecule has 0 radical (unpaired) electrons. The molecule has 4 heteroatoms. The summed E-state index contributed by atoms with van der Waals surface area (Å²) in [5.74, 6) is 0.